The van der Waals surface area contributed by atoms with E-state index in [2.05, 4.69) is 78.9 Å². The first-order chi connectivity index (χ1) is 13.0. The Bertz CT molecular complexity index is 958. The summed E-state index contributed by atoms with van der Waals surface area (Å²) in [7, 11) is 0. The number of aryl methyl sites for hydroxylation is 2. The van der Waals surface area contributed by atoms with E-state index in [1.165, 1.54) is 10.9 Å². The Kier molecular flexibility index (Phi) is 4.68. The van der Waals surface area contributed by atoms with E-state index in [-0.39, 0.29) is 0 Å². The maximum absolute atomic E-state index is 4.89. The molecule has 5 nitrogen and oxygen atoms in total. The molecule has 0 radical (unpaired) electrons. The van der Waals surface area contributed by atoms with Crippen LogP contribution in [0.1, 0.15) is 36.8 Å². The molecule has 0 amide bonds. The average molecular weight is 361 g/mol. The minimum absolute atomic E-state index is 0.342. The SMILES string of the molecule is Cc1cc(N2CCN(c3cc(C)c4ccccc4n3)CC2)nc(C(C)C)n1. The first-order valence-corrected chi connectivity index (χ1v) is 9.73. The lowest BCUT2D eigenvalue weighted by Crippen LogP contribution is -2.47. The molecular formula is C22H27N5. The van der Waals surface area contributed by atoms with E-state index < -0.39 is 0 Å². The molecule has 27 heavy (non-hydrogen) atoms. The van der Waals surface area contributed by atoms with Gasteiger partial charge in [0.2, 0.25) is 0 Å². The Morgan fingerprint density at radius 1 is 0.815 bits per heavy atom. The third-order valence-electron chi connectivity index (χ3n) is 5.21. The van der Waals surface area contributed by atoms with Crippen LogP contribution in [0.3, 0.4) is 0 Å². The number of benzene rings is 1. The van der Waals surface area contributed by atoms with Crippen LogP contribution in [-0.4, -0.2) is 41.1 Å². The third-order valence-corrected chi connectivity index (χ3v) is 5.21. The molecule has 0 unspecified atom stereocenters. The van der Waals surface area contributed by atoms with Crippen LogP contribution in [0.4, 0.5) is 11.6 Å². The molecule has 1 aliphatic heterocycles. The Morgan fingerprint density at radius 3 is 2.11 bits per heavy atom. The van der Waals surface area contributed by atoms with Gasteiger partial charge in [-0.3, -0.25) is 0 Å². The van der Waals surface area contributed by atoms with Gasteiger partial charge in [0.15, 0.2) is 0 Å². The summed E-state index contributed by atoms with van der Waals surface area (Å²) >= 11 is 0. The first kappa shape index (κ1) is 17.7. The van der Waals surface area contributed by atoms with E-state index in [4.69, 9.17) is 9.97 Å². The van der Waals surface area contributed by atoms with Crippen LogP contribution < -0.4 is 9.80 Å². The van der Waals surface area contributed by atoms with Crippen LogP contribution in [0.2, 0.25) is 0 Å². The van der Waals surface area contributed by atoms with Gasteiger partial charge in [-0.15, -0.1) is 0 Å². The molecule has 0 spiro atoms. The van der Waals surface area contributed by atoms with Gasteiger partial charge in [-0.1, -0.05) is 32.0 Å². The molecule has 0 N–H and O–H groups in total. The second kappa shape index (κ2) is 7.14. The predicted molar refractivity (Wildman–Crippen MR) is 112 cm³/mol. The van der Waals surface area contributed by atoms with Crippen molar-refractivity contribution in [3.05, 3.63) is 53.5 Å². The van der Waals surface area contributed by atoms with Crippen molar-refractivity contribution in [2.45, 2.75) is 33.6 Å². The Labute approximate surface area is 161 Å². The summed E-state index contributed by atoms with van der Waals surface area (Å²) in [6.07, 6.45) is 0. The summed E-state index contributed by atoms with van der Waals surface area (Å²) in [5, 5.41) is 1.23. The smallest absolute Gasteiger partial charge is 0.133 e. The molecule has 140 valence electrons. The van der Waals surface area contributed by atoms with Crippen molar-refractivity contribution >= 4 is 22.5 Å². The van der Waals surface area contributed by atoms with Crippen molar-refractivity contribution in [3.8, 4) is 0 Å². The molecular weight excluding hydrogens is 334 g/mol. The zero-order valence-corrected chi connectivity index (χ0v) is 16.6. The highest BCUT2D eigenvalue weighted by Crippen LogP contribution is 2.24. The monoisotopic (exact) mass is 361 g/mol. The summed E-state index contributed by atoms with van der Waals surface area (Å²) < 4.78 is 0. The summed E-state index contributed by atoms with van der Waals surface area (Å²) in [5.41, 5.74) is 3.40. The molecule has 3 aromatic rings. The lowest BCUT2D eigenvalue weighted by molar-refractivity contribution is 0.636. The number of rotatable bonds is 3. The quantitative estimate of drug-likeness (QED) is 0.703. The summed E-state index contributed by atoms with van der Waals surface area (Å²) in [6.45, 7) is 12.3. The van der Waals surface area contributed by atoms with Gasteiger partial charge in [-0.25, -0.2) is 15.0 Å². The van der Waals surface area contributed by atoms with E-state index in [9.17, 15) is 0 Å². The van der Waals surface area contributed by atoms with E-state index in [0.29, 0.717) is 5.92 Å². The molecule has 0 saturated carbocycles. The lowest BCUT2D eigenvalue weighted by Gasteiger charge is -2.36. The summed E-state index contributed by atoms with van der Waals surface area (Å²) in [4.78, 5) is 19.0. The fourth-order valence-electron chi connectivity index (χ4n) is 3.65. The molecule has 0 atom stereocenters. The number of aromatic nitrogens is 3. The third kappa shape index (κ3) is 3.59. The topological polar surface area (TPSA) is 45.2 Å². The number of nitrogens with zero attached hydrogens (tertiary/aromatic N) is 5. The molecule has 1 saturated heterocycles. The van der Waals surface area contributed by atoms with Crippen LogP contribution in [-0.2, 0) is 0 Å². The van der Waals surface area contributed by atoms with Crippen LogP contribution in [0.5, 0.6) is 0 Å². The van der Waals surface area contributed by atoms with Crippen LogP contribution in [0.25, 0.3) is 10.9 Å². The first-order valence-electron chi connectivity index (χ1n) is 9.73. The zero-order valence-electron chi connectivity index (χ0n) is 16.6. The number of piperazine rings is 1. The normalized spacial score (nSPS) is 15.0. The molecule has 4 rings (SSSR count). The highest BCUT2D eigenvalue weighted by molar-refractivity contribution is 5.83. The molecule has 1 aliphatic rings. The van der Waals surface area contributed by atoms with Crippen molar-refractivity contribution in [1.82, 2.24) is 15.0 Å². The Hall–Kier alpha value is -2.69. The van der Waals surface area contributed by atoms with Gasteiger partial charge >= 0.3 is 0 Å². The minimum atomic E-state index is 0.342. The van der Waals surface area contributed by atoms with Gasteiger partial charge < -0.3 is 9.80 Å². The van der Waals surface area contributed by atoms with Gasteiger partial charge in [0.05, 0.1) is 5.52 Å². The van der Waals surface area contributed by atoms with Gasteiger partial charge in [-0.05, 0) is 31.5 Å². The zero-order chi connectivity index (χ0) is 19.0. The molecule has 3 heterocycles. The number of pyridine rings is 1. The standard InChI is InChI=1S/C22H27N5/c1-15(2)22-23-17(4)14-21(25-22)27-11-9-26(10-12-27)20-13-16(3)18-7-5-6-8-19(18)24-20/h5-8,13-15H,9-12H2,1-4H3. The number of fused-ring (bicyclic) bond motifs is 1. The highest BCUT2D eigenvalue weighted by Gasteiger charge is 2.21. The van der Waals surface area contributed by atoms with E-state index in [0.717, 1.165) is 54.8 Å². The average Bonchev–Trinajstić information content (AvgIpc) is 2.67. The van der Waals surface area contributed by atoms with E-state index >= 15 is 0 Å². The van der Waals surface area contributed by atoms with Gasteiger partial charge in [0.1, 0.15) is 17.5 Å². The minimum Gasteiger partial charge on any atom is -0.353 e. The van der Waals surface area contributed by atoms with E-state index in [1.54, 1.807) is 0 Å². The molecule has 0 aliphatic carbocycles. The van der Waals surface area contributed by atoms with Gasteiger partial charge in [0, 0.05) is 49.2 Å². The fourth-order valence-corrected chi connectivity index (χ4v) is 3.65. The molecule has 1 fully saturated rings. The predicted octanol–water partition coefficient (Wildman–Crippen LogP) is 4.09. The number of para-hydroxylation sites is 1. The Balaban J connectivity index is 1.53. The fraction of sp³-hybridized carbons (Fsp3) is 0.409. The van der Waals surface area contributed by atoms with E-state index in [1.807, 2.05) is 0 Å². The van der Waals surface area contributed by atoms with Crippen molar-refractivity contribution in [2.75, 3.05) is 36.0 Å². The maximum atomic E-state index is 4.89. The number of hydrogen-bond donors (Lipinski definition) is 0. The number of anilines is 2. The van der Waals surface area contributed by atoms with Crippen molar-refractivity contribution in [3.63, 3.8) is 0 Å². The highest BCUT2D eigenvalue weighted by atomic mass is 15.3. The second-order valence-electron chi connectivity index (χ2n) is 7.67. The van der Waals surface area contributed by atoms with Crippen LogP contribution in [0.15, 0.2) is 36.4 Å². The second-order valence-corrected chi connectivity index (χ2v) is 7.67. The summed E-state index contributed by atoms with van der Waals surface area (Å²) in [5.74, 6) is 3.40. The van der Waals surface area contributed by atoms with Gasteiger partial charge in [-0.2, -0.15) is 0 Å². The lowest BCUT2D eigenvalue weighted by atomic mass is 10.1. The van der Waals surface area contributed by atoms with Crippen molar-refractivity contribution in [1.29, 1.82) is 0 Å². The van der Waals surface area contributed by atoms with Gasteiger partial charge in [0.25, 0.3) is 0 Å². The van der Waals surface area contributed by atoms with Crippen molar-refractivity contribution < 1.29 is 0 Å². The molecule has 2 aromatic heterocycles. The Morgan fingerprint density at radius 2 is 1.44 bits per heavy atom. The summed E-state index contributed by atoms with van der Waals surface area (Å²) in [6, 6.07) is 12.7. The molecule has 1 aromatic carbocycles. The van der Waals surface area contributed by atoms with Crippen molar-refractivity contribution in [2.24, 2.45) is 0 Å². The molecule has 5 heteroatoms. The van der Waals surface area contributed by atoms with Crippen LogP contribution >= 0.6 is 0 Å². The van der Waals surface area contributed by atoms with Crippen LogP contribution in [0, 0.1) is 13.8 Å². The molecule has 0 bridgehead atoms. The maximum Gasteiger partial charge on any atom is 0.133 e. The number of hydrogen-bond acceptors (Lipinski definition) is 5. The largest absolute Gasteiger partial charge is 0.353 e.